The van der Waals surface area contributed by atoms with E-state index in [0.29, 0.717) is 0 Å². The van der Waals surface area contributed by atoms with Crippen molar-refractivity contribution >= 4 is 19.9 Å². The first-order valence-electron chi connectivity index (χ1n) is 4.83. The van der Waals surface area contributed by atoms with Gasteiger partial charge in [0.2, 0.25) is 10.0 Å². The minimum atomic E-state index is -3.57. The maximum Gasteiger partial charge on any atom is 0.212 e. The van der Waals surface area contributed by atoms with Crippen molar-refractivity contribution in [1.82, 2.24) is 4.72 Å². The highest BCUT2D eigenvalue weighted by atomic mass is 32.2. The first kappa shape index (κ1) is 16.4. The number of nitrogens with one attached hydrogen (secondary N) is 1. The van der Waals surface area contributed by atoms with Gasteiger partial charge in [-0.2, -0.15) is 4.72 Å². The number of terminal acetylenes is 1. The van der Waals surface area contributed by atoms with E-state index in [1.807, 2.05) is 0 Å². The summed E-state index contributed by atoms with van der Waals surface area (Å²) in [5.41, 5.74) is 0. The van der Waals surface area contributed by atoms with Crippen LogP contribution in [0.25, 0.3) is 0 Å². The van der Waals surface area contributed by atoms with Crippen LogP contribution < -0.4 is 4.72 Å². The summed E-state index contributed by atoms with van der Waals surface area (Å²) < 4.78 is 51.6. The van der Waals surface area contributed by atoms with Crippen molar-refractivity contribution in [2.24, 2.45) is 0 Å². The molecule has 1 atom stereocenters. The van der Waals surface area contributed by atoms with E-state index in [2.05, 4.69) is 10.6 Å². The summed E-state index contributed by atoms with van der Waals surface area (Å²) in [6, 6.07) is -0.733. The molecule has 8 heteroatoms. The van der Waals surface area contributed by atoms with Crippen LogP contribution in [0, 0.1) is 12.3 Å². The van der Waals surface area contributed by atoms with E-state index in [-0.39, 0.29) is 24.5 Å². The minimum absolute atomic E-state index is 0.0401. The van der Waals surface area contributed by atoms with Gasteiger partial charge in [0, 0.05) is 13.4 Å². The average molecular weight is 283 g/mol. The Bertz CT molecular complexity index is 460. The molecule has 6 nitrogen and oxygen atoms in total. The lowest BCUT2D eigenvalue weighted by atomic mass is 10.4. The number of sulfonamides is 1. The summed E-state index contributed by atoms with van der Waals surface area (Å²) in [5, 5.41) is 0. The van der Waals surface area contributed by atoms with Gasteiger partial charge in [-0.05, 0) is 6.42 Å². The molecule has 0 aliphatic heterocycles. The van der Waals surface area contributed by atoms with E-state index in [0.717, 1.165) is 6.26 Å². The van der Waals surface area contributed by atoms with Crippen molar-refractivity contribution in [2.45, 2.75) is 12.5 Å². The van der Waals surface area contributed by atoms with Crippen molar-refractivity contribution < 1.29 is 21.6 Å². The number of hydrogen-bond acceptors (Lipinski definition) is 5. The molecule has 0 bridgehead atoms. The van der Waals surface area contributed by atoms with Gasteiger partial charge in [0.15, 0.2) is 0 Å². The number of rotatable bonds is 8. The van der Waals surface area contributed by atoms with Crippen LogP contribution in [0.4, 0.5) is 0 Å². The lowest BCUT2D eigenvalue weighted by Gasteiger charge is -2.12. The smallest absolute Gasteiger partial charge is 0.212 e. The third kappa shape index (κ3) is 9.12. The standard InChI is InChI=1S/C9H17NO5S2/c1-4-9(8-15-2)10-17(13,14)7-5-6-16(3,11)12/h1,9-10H,5-8H2,2-3H3/t9-/m1/s1. The number of ether oxygens (including phenoxy) is 1. The van der Waals surface area contributed by atoms with Crippen LogP contribution in [-0.4, -0.2) is 54.4 Å². The molecule has 0 aliphatic carbocycles. The van der Waals surface area contributed by atoms with Gasteiger partial charge in [0.1, 0.15) is 15.9 Å². The molecule has 0 rings (SSSR count). The second kappa shape index (κ2) is 6.96. The first-order chi connectivity index (χ1) is 7.70. The van der Waals surface area contributed by atoms with Gasteiger partial charge in [-0.15, -0.1) is 6.42 Å². The molecular weight excluding hydrogens is 266 g/mol. The molecule has 0 aliphatic rings. The molecule has 0 fully saturated rings. The van der Waals surface area contributed by atoms with Gasteiger partial charge in [-0.1, -0.05) is 5.92 Å². The highest BCUT2D eigenvalue weighted by Gasteiger charge is 2.16. The summed E-state index contributed by atoms with van der Waals surface area (Å²) in [5.74, 6) is 1.79. The Kier molecular flexibility index (Phi) is 6.70. The minimum Gasteiger partial charge on any atom is -0.382 e. The molecule has 17 heavy (non-hydrogen) atoms. The van der Waals surface area contributed by atoms with Crippen molar-refractivity contribution in [3.8, 4) is 12.3 Å². The Balaban J connectivity index is 4.26. The molecule has 0 spiro atoms. The Morgan fingerprint density at radius 2 is 1.88 bits per heavy atom. The summed E-state index contributed by atoms with van der Waals surface area (Å²) in [7, 11) is -5.32. The molecule has 0 heterocycles. The van der Waals surface area contributed by atoms with Crippen LogP contribution in [0.15, 0.2) is 0 Å². The SMILES string of the molecule is C#C[C@H](COC)NS(=O)(=O)CCCS(C)(=O)=O. The Morgan fingerprint density at radius 3 is 2.29 bits per heavy atom. The lowest BCUT2D eigenvalue weighted by Crippen LogP contribution is -2.38. The van der Waals surface area contributed by atoms with E-state index in [9.17, 15) is 16.8 Å². The number of hydrogen-bond donors (Lipinski definition) is 1. The largest absolute Gasteiger partial charge is 0.382 e. The molecular formula is C9H17NO5S2. The fourth-order valence-corrected chi connectivity index (χ4v) is 3.13. The topological polar surface area (TPSA) is 89.5 Å². The van der Waals surface area contributed by atoms with Crippen LogP contribution in [-0.2, 0) is 24.6 Å². The summed E-state index contributed by atoms with van der Waals surface area (Å²) >= 11 is 0. The highest BCUT2D eigenvalue weighted by Crippen LogP contribution is 1.96. The second-order valence-corrected chi connectivity index (χ2v) is 7.73. The van der Waals surface area contributed by atoms with E-state index < -0.39 is 25.9 Å². The molecule has 0 saturated carbocycles. The van der Waals surface area contributed by atoms with Gasteiger partial charge in [0.25, 0.3) is 0 Å². The van der Waals surface area contributed by atoms with Gasteiger partial charge < -0.3 is 4.74 Å². The van der Waals surface area contributed by atoms with Crippen LogP contribution in [0.5, 0.6) is 0 Å². The van der Waals surface area contributed by atoms with E-state index >= 15 is 0 Å². The molecule has 1 N–H and O–H groups in total. The summed E-state index contributed by atoms with van der Waals surface area (Å²) in [6.07, 6.45) is 6.21. The van der Waals surface area contributed by atoms with Crippen LogP contribution in [0.3, 0.4) is 0 Å². The Labute approximate surface area is 103 Å². The molecule has 0 saturated heterocycles. The molecule has 0 amide bonds. The number of sulfone groups is 1. The molecule has 0 radical (unpaired) electrons. The maximum atomic E-state index is 11.5. The van der Waals surface area contributed by atoms with Crippen LogP contribution >= 0.6 is 0 Å². The fourth-order valence-electron chi connectivity index (χ4n) is 1.07. The third-order valence-corrected chi connectivity index (χ3v) is 4.28. The molecule has 100 valence electrons. The van der Waals surface area contributed by atoms with E-state index in [1.165, 1.54) is 7.11 Å². The molecule has 0 aromatic rings. The van der Waals surface area contributed by atoms with Crippen LogP contribution in [0.2, 0.25) is 0 Å². The fraction of sp³-hybridized carbons (Fsp3) is 0.778. The van der Waals surface area contributed by atoms with Gasteiger partial charge >= 0.3 is 0 Å². The lowest BCUT2D eigenvalue weighted by molar-refractivity contribution is 0.190. The van der Waals surface area contributed by atoms with Crippen molar-refractivity contribution in [3.05, 3.63) is 0 Å². The van der Waals surface area contributed by atoms with Crippen LogP contribution in [0.1, 0.15) is 6.42 Å². The maximum absolute atomic E-state index is 11.5. The zero-order chi connectivity index (χ0) is 13.5. The summed E-state index contributed by atoms with van der Waals surface area (Å²) in [4.78, 5) is 0. The van der Waals surface area contributed by atoms with Crippen molar-refractivity contribution in [1.29, 1.82) is 0 Å². The van der Waals surface area contributed by atoms with E-state index in [4.69, 9.17) is 11.2 Å². The highest BCUT2D eigenvalue weighted by molar-refractivity contribution is 7.91. The number of methoxy groups -OCH3 is 1. The monoisotopic (exact) mass is 283 g/mol. The summed E-state index contributed by atoms with van der Waals surface area (Å²) in [6.45, 7) is 0.0712. The van der Waals surface area contributed by atoms with E-state index in [1.54, 1.807) is 0 Å². The Morgan fingerprint density at radius 1 is 1.29 bits per heavy atom. The molecule has 0 aromatic heterocycles. The van der Waals surface area contributed by atoms with Gasteiger partial charge in [-0.25, -0.2) is 16.8 Å². The molecule has 0 aromatic carbocycles. The van der Waals surface area contributed by atoms with Crippen molar-refractivity contribution in [3.63, 3.8) is 0 Å². The first-order valence-corrected chi connectivity index (χ1v) is 8.54. The average Bonchev–Trinajstić information content (AvgIpc) is 2.14. The quantitative estimate of drug-likeness (QED) is 0.576. The second-order valence-electron chi connectivity index (χ2n) is 3.59. The zero-order valence-corrected chi connectivity index (χ0v) is 11.5. The van der Waals surface area contributed by atoms with Gasteiger partial charge in [0.05, 0.1) is 18.1 Å². The predicted octanol–water partition coefficient (Wildman–Crippen LogP) is -1.01. The zero-order valence-electron chi connectivity index (χ0n) is 9.84. The predicted molar refractivity (Wildman–Crippen MR) is 65.7 cm³/mol. The van der Waals surface area contributed by atoms with Crippen molar-refractivity contribution in [2.75, 3.05) is 31.5 Å². The molecule has 0 unspecified atom stereocenters. The Hall–Kier alpha value is -0.620. The third-order valence-electron chi connectivity index (χ3n) is 1.78. The normalized spacial score (nSPS) is 14.2. The van der Waals surface area contributed by atoms with Gasteiger partial charge in [-0.3, -0.25) is 0 Å².